The molecule has 1 saturated heterocycles. The SMILES string of the molecule is CC(c1ccc(N2CC[C@H](NS(=O)(=O)/C=C/c3ccc(Cl)s3)C2=O)c(F)c1)N(C=O)C=O. The van der Waals surface area contributed by atoms with Gasteiger partial charge in [-0.2, -0.15) is 4.72 Å². The van der Waals surface area contributed by atoms with Crippen molar-refractivity contribution in [2.75, 3.05) is 11.4 Å². The zero-order valence-electron chi connectivity index (χ0n) is 16.8. The molecular formula is C20H19ClFN3O5S2. The first-order valence-electron chi connectivity index (χ1n) is 9.40. The summed E-state index contributed by atoms with van der Waals surface area (Å²) >= 11 is 7.02. The summed E-state index contributed by atoms with van der Waals surface area (Å²) in [5.41, 5.74) is 0.355. The molecule has 0 spiro atoms. The Morgan fingerprint density at radius 3 is 2.59 bits per heavy atom. The molecule has 8 nitrogen and oxygen atoms in total. The molecule has 1 fully saturated rings. The minimum absolute atomic E-state index is 0.0137. The topological polar surface area (TPSA) is 104 Å². The van der Waals surface area contributed by atoms with Crippen LogP contribution in [-0.4, -0.2) is 44.6 Å². The van der Waals surface area contributed by atoms with Crippen molar-refractivity contribution in [1.82, 2.24) is 9.62 Å². The van der Waals surface area contributed by atoms with Gasteiger partial charge >= 0.3 is 0 Å². The molecule has 0 radical (unpaired) electrons. The third-order valence-corrected chi connectivity index (χ3v) is 7.26. The van der Waals surface area contributed by atoms with Crippen LogP contribution in [0.4, 0.5) is 10.1 Å². The van der Waals surface area contributed by atoms with Gasteiger partial charge in [0.2, 0.25) is 28.8 Å². The molecule has 3 amide bonds. The van der Waals surface area contributed by atoms with Crippen molar-refractivity contribution in [3.8, 4) is 0 Å². The third kappa shape index (κ3) is 5.41. The minimum atomic E-state index is -3.92. The van der Waals surface area contributed by atoms with Crippen molar-refractivity contribution in [2.24, 2.45) is 0 Å². The second-order valence-electron chi connectivity index (χ2n) is 6.98. The van der Waals surface area contributed by atoms with Crippen molar-refractivity contribution in [3.05, 3.63) is 56.3 Å². The maximum Gasteiger partial charge on any atom is 0.245 e. The Morgan fingerprint density at radius 1 is 1.28 bits per heavy atom. The second-order valence-corrected chi connectivity index (χ2v) is 10.3. The molecule has 1 aliphatic heterocycles. The van der Waals surface area contributed by atoms with Crippen molar-refractivity contribution < 1.29 is 27.2 Å². The summed E-state index contributed by atoms with van der Waals surface area (Å²) in [6.45, 7) is 1.68. The van der Waals surface area contributed by atoms with Crippen LogP contribution in [0.1, 0.15) is 29.8 Å². The molecule has 170 valence electrons. The van der Waals surface area contributed by atoms with Gasteiger partial charge in [0.15, 0.2) is 0 Å². The summed E-state index contributed by atoms with van der Waals surface area (Å²) < 4.78 is 42.2. The van der Waals surface area contributed by atoms with E-state index in [0.717, 1.165) is 21.3 Å². The summed E-state index contributed by atoms with van der Waals surface area (Å²) in [6, 6.07) is 5.59. The molecule has 32 heavy (non-hydrogen) atoms. The summed E-state index contributed by atoms with van der Waals surface area (Å²) in [5, 5.41) is 0.952. The molecule has 3 rings (SSSR count). The number of rotatable bonds is 9. The highest BCUT2D eigenvalue weighted by Crippen LogP contribution is 2.29. The number of nitrogens with zero attached hydrogens (tertiary/aromatic N) is 2. The van der Waals surface area contributed by atoms with Gasteiger partial charge in [-0.05, 0) is 49.2 Å². The zero-order chi connectivity index (χ0) is 23.5. The van der Waals surface area contributed by atoms with E-state index < -0.39 is 33.8 Å². The summed E-state index contributed by atoms with van der Waals surface area (Å²) in [7, 11) is -3.92. The molecule has 1 aromatic carbocycles. The van der Waals surface area contributed by atoms with Crippen molar-refractivity contribution >= 4 is 63.5 Å². The molecule has 2 aromatic rings. The lowest BCUT2D eigenvalue weighted by atomic mass is 10.1. The molecule has 1 aromatic heterocycles. The van der Waals surface area contributed by atoms with Gasteiger partial charge < -0.3 is 4.90 Å². The van der Waals surface area contributed by atoms with Gasteiger partial charge in [0, 0.05) is 16.8 Å². The van der Waals surface area contributed by atoms with E-state index in [1.807, 2.05) is 0 Å². The number of benzene rings is 1. The fourth-order valence-electron chi connectivity index (χ4n) is 3.22. The van der Waals surface area contributed by atoms with Gasteiger partial charge in [-0.1, -0.05) is 17.7 Å². The van der Waals surface area contributed by atoms with E-state index in [4.69, 9.17) is 11.6 Å². The average molecular weight is 500 g/mol. The first kappa shape index (κ1) is 24.1. The Kier molecular flexibility index (Phi) is 7.44. The number of sulfonamides is 1. The molecule has 1 aliphatic rings. The molecular weight excluding hydrogens is 481 g/mol. The van der Waals surface area contributed by atoms with Crippen LogP contribution in [0.3, 0.4) is 0 Å². The summed E-state index contributed by atoms with van der Waals surface area (Å²) in [6.07, 6.45) is 2.22. The van der Waals surface area contributed by atoms with Crippen LogP contribution < -0.4 is 9.62 Å². The van der Waals surface area contributed by atoms with Gasteiger partial charge in [0.25, 0.3) is 0 Å². The van der Waals surface area contributed by atoms with Gasteiger partial charge in [-0.3, -0.25) is 19.3 Å². The highest BCUT2D eigenvalue weighted by molar-refractivity contribution is 7.92. The third-order valence-electron chi connectivity index (χ3n) is 4.95. The molecule has 0 bridgehead atoms. The first-order valence-corrected chi connectivity index (χ1v) is 12.1. The number of hydrogen-bond donors (Lipinski definition) is 1. The van der Waals surface area contributed by atoms with Crippen LogP contribution in [0.25, 0.3) is 6.08 Å². The fourth-order valence-corrected chi connectivity index (χ4v) is 5.29. The average Bonchev–Trinajstić information content (AvgIpc) is 3.33. The number of imide groups is 1. The van der Waals surface area contributed by atoms with Crippen LogP contribution in [0.5, 0.6) is 0 Å². The van der Waals surface area contributed by atoms with Crippen LogP contribution in [0.15, 0.2) is 35.7 Å². The van der Waals surface area contributed by atoms with E-state index in [-0.39, 0.29) is 18.7 Å². The number of carbonyl (C=O) groups excluding carboxylic acids is 3. The molecule has 0 saturated carbocycles. The minimum Gasteiger partial charge on any atom is -0.308 e. The number of hydrogen-bond acceptors (Lipinski definition) is 6. The number of thiophene rings is 1. The zero-order valence-corrected chi connectivity index (χ0v) is 19.2. The quantitative estimate of drug-likeness (QED) is 0.534. The predicted octanol–water partition coefficient (Wildman–Crippen LogP) is 2.91. The van der Waals surface area contributed by atoms with Gasteiger partial charge in [-0.25, -0.2) is 12.8 Å². The Balaban J connectivity index is 1.71. The van der Waals surface area contributed by atoms with Crippen molar-refractivity contribution in [2.45, 2.75) is 25.4 Å². The lowest BCUT2D eigenvalue weighted by molar-refractivity contribution is -0.131. The molecule has 1 N–H and O–H groups in total. The highest BCUT2D eigenvalue weighted by Gasteiger charge is 2.36. The lowest BCUT2D eigenvalue weighted by Crippen LogP contribution is -2.40. The molecule has 1 unspecified atom stereocenters. The van der Waals surface area contributed by atoms with Crippen LogP contribution >= 0.6 is 22.9 Å². The first-order chi connectivity index (χ1) is 15.1. The molecule has 0 aliphatic carbocycles. The molecule has 2 atom stereocenters. The molecule has 12 heteroatoms. The van der Waals surface area contributed by atoms with Crippen molar-refractivity contribution in [1.29, 1.82) is 0 Å². The maximum absolute atomic E-state index is 14.7. The maximum atomic E-state index is 14.7. The predicted molar refractivity (Wildman–Crippen MR) is 120 cm³/mol. The number of carbonyl (C=O) groups is 3. The van der Waals surface area contributed by atoms with Crippen LogP contribution in [-0.2, 0) is 24.4 Å². The lowest BCUT2D eigenvalue weighted by Gasteiger charge is -2.22. The van der Waals surface area contributed by atoms with E-state index in [2.05, 4.69) is 4.72 Å². The number of halogens is 2. The Hall–Kier alpha value is -2.60. The van der Waals surface area contributed by atoms with Gasteiger partial charge in [-0.15, -0.1) is 11.3 Å². The Labute approximate surface area is 193 Å². The summed E-state index contributed by atoms with van der Waals surface area (Å²) in [4.78, 5) is 37.2. The number of amides is 3. The van der Waals surface area contributed by atoms with Crippen LogP contribution in [0, 0.1) is 5.82 Å². The fraction of sp³-hybridized carbons (Fsp3) is 0.250. The normalized spacial score (nSPS) is 17.7. The largest absolute Gasteiger partial charge is 0.308 e. The van der Waals surface area contributed by atoms with Crippen molar-refractivity contribution in [3.63, 3.8) is 0 Å². The van der Waals surface area contributed by atoms with E-state index in [1.165, 1.54) is 29.5 Å². The number of nitrogens with one attached hydrogen (secondary N) is 1. The van der Waals surface area contributed by atoms with E-state index in [0.29, 0.717) is 27.6 Å². The van der Waals surface area contributed by atoms with Gasteiger partial charge in [0.05, 0.1) is 16.1 Å². The number of anilines is 1. The van der Waals surface area contributed by atoms with E-state index >= 15 is 0 Å². The second kappa shape index (κ2) is 9.90. The Morgan fingerprint density at radius 2 is 2.00 bits per heavy atom. The summed E-state index contributed by atoms with van der Waals surface area (Å²) in [5.74, 6) is -1.30. The smallest absolute Gasteiger partial charge is 0.245 e. The van der Waals surface area contributed by atoms with E-state index in [9.17, 15) is 27.2 Å². The Bertz CT molecular complexity index is 1160. The van der Waals surface area contributed by atoms with E-state index in [1.54, 1.807) is 19.1 Å². The highest BCUT2D eigenvalue weighted by atomic mass is 35.5. The monoisotopic (exact) mass is 499 g/mol. The van der Waals surface area contributed by atoms with Gasteiger partial charge in [0.1, 0.15) is 11.9 Å². The molecule has 2 heterocycles. The van der Waals surface area contributed by atoms with Crippen LogP contribution in [0.2, 0.25) is 4.34 Å². The standard InChI is InChI=1S/C20H19ClFN3O5S2/c1-13(24(11-26)12-27)14-2-4-18(16(22)10-14)25-8-6-17(20(25)28)23-32(29,30)9-7-15-3-5-19(21)31-15/h2-5,7,9-13,17,23H,6,8H2,1H3/b9-7+/t13?,17-/m0/s1.